The minimum absolute atomic E-state index is 0.0696. The molecule has 1 fully saturated rings. The lowest BCUT2D eigenvalue weighted by Gasteiger charge is -2.34. The number of urea groups is 1. The van der Waals surface area contributed by atoms with Crippen molar-refractivity contribution >= 4 is 6.03 Å². The maximum atomic E-state index is 11.8. The van der Waals surface area contributed by atoms with Gasteiger partial charge in [0, 0.05) is 46.4 Å². The quantitative estimate of drug-likeness (QED) is 0.448. The van der Waals surface area contributed by atoms with Gasteiger partial charge in [0.25, 0.3) is 0 Å². The molecule has 7 heteroatoms. The van der Waals surface area contributed by atoms with Crippen LogP contribution >= 0.6 is 0 Å². The predicted molar refractivity (Wildman–Crippen MR) is 68.3 cm³/mol. The Morgan fingerprint density at radius 2 is 2.00 bits per heavy atom. The first-order valence-corrected chi connectivity index (χ1v) is 6.29. The normalized spacial score (nSPS) is 16.9. The van der Waals surface area contributed by atoms with Crippen molar-refractivity contribution in [1.29, 1.82) is 0 Å². The van der Waals surface area contributed by atoms with Crippen molar-refractivity contribution in [2.75, 3.05) is 66.3 Å². The Bertz CT molecular complexity index is 232. The fourth-order valence-electron chi connectivity index (χ4n) is 1.80. The van der Waals surface area contributed by atoms with E-state index in [1.54, 1.807) is 12.0 Å². The van der Waals surface area contributed by atoms with Crippen LogP contribution in [0.3, 0.4) is 0 Å². The van der Waals surface area contributed by atoms with Crippen molar-refractivity contribution in [3.05, 3.63) is 0 Å². The molecule has 0 aromatic carbocycles. The Hall–Kier alpha value is -0.890. The van der Waals surface area contributed by atoms with Crippen LogP contribution in [0.2, 0.25) is 0 Å². The highest BCUT2D eigenvalue weighted by Gasteiger charge is 2.19. The molecule has 1 heterocycles. The molecule has 0 saturated carbocycles. The summed E-state index contributed by atoms with van der Waals surface area (Å²) in [5.41, 5.74) is 5.50. The van der Waals surface area contributed by atoms with Crippen LogP contribution in [-0.2, 0) is 9.47 Å². The number of carbonyl (C=O) groups is 1. The van der Waals surface area contributed by atoms with E-state index in [1.165, 1.54) is 0 Å². The largest absolute Gasteiger partial charge is 0.382 e. The van der Waals surface area contributed by atoms with Crippen LogP contribution in [-0.4, -0.2) is 82.2 Å². The first-order valence-electron chi connectivity index (χ1n) is 6.29. The van der Waals surface area contributed by atoms with Gasteiger partial charge in [0.1, 0.15) is 6.73 Å². The Kier molecular flexibility index (Phi) is 7.66. The SMILES string of the molecule is COCCOCNC(=O)N1CCN(CCN)CC1. The van der Waals surface area contributed by atoms with E-state index in [4.69, 9.17) is 15.2 Å². The van der Waals surface area contributed by atoms with E-state index in [0.29, 0.717) is 19.8 Å². The third kappa shape index (κ3) is 5.63. The first-order chi connectivity index (χ1) is 8.77. The molecule has 1 aliphatic rings. The number of piperazine rings is 1. The molecule has 106 valence electrons. The molecule has 0 aliphatic carbocycles. The highest BCUT2D eigenvalue weighted by atomic mass is 16.5. The fourth-order valence-corrected chi connectivity index (χ4v) is 1.80. The second kappa shape index (κ2) is 9.09. The summed E-state index contributed by atoms with van der Waals surface area (Å²) in [6, 6.07) is -0.0696. The number of hydrogen-bond donors (Lipinski definition) is 2. The van der Waals surface area contributed by atoms with E-state index < -0.39 is 0 Å². The molecular formula is C11H24N4O3. The standard InChI is InChI=1S/C11H24N4O3/c1-17-8-9-18-10-13-11(16)15-6-4-14(3-2-12)5-7-15/h2-10,12H2,1H3,(H,13,16). The van der Waals surface area contributed by atoms with Crippen LogP contribution in [0.5, 0.6) is 0 Å². The Morgan fingerprint density at radius 3 is 2.61 bits per heavy atom. The van der Waals surface area contributed by atoms with Gasteiger partial charge in [-0.25, -0.2) is 4.79 Å². The lowest BCUT2D eigenvalue weighted by molar-refractivity contribution is 0.0597. The van der Waals surface area contributed by atoms with E-state index in [1.807, 2.05) is 0 Å². The maximum absolute atomic E-state index is 11.8. The van der Waals surface area contributed by atoms with Crippen LogP contribution in [0, 0.1) is 0 Å². The Labute approximate surface area is 108 Å². The van der Waals surface area contributed by atoms with Crippen molar-refractivity contribution in [2.45, 2.75) is 0 Å². The van der Waals surface area contributed by atoms with Gasteiger partial charge in [-0.05, 0) is 0 Å². The van der Waals surface area contributed by atoms with Gasteiger partial charge < -0.3 is 25.4 Å². The smallest absolute Gasteiger partial charge is 0.319 e. The number of nitrogens with one attached hydrogen (secondary N) is 1. The molecule has 0 aromatic rings. The third-order valence-corrected chi connectivity index (χ3v) is 2.86. The van der Waals surface area contributed by atoms with Crippen LogP contribution in [0.25, 0.3) is 0 Å². The number of rotatable bonds is 7. The van der Waals surface area contributed by atoms with E-state index in [2.05, 4.69) is 10.2 Å². The number of carbonyl (C=O) groups excluding carboxylic acids is 1. The number of nitrogens with zero attached hydrogens (tertiary/aromatic N) is 2. The average molecular weight is 260 g/mol. The molecule has 18 heavy (non-hydrogen) atoms. The molecule has 7 nitrogen and oxygen atoms in total. The molecule has 0 spiro atoms. The van der Waals surface area contributed by atoms with Gasteiger partial charge in [-0.3, -0.25) is 4.90 Å². The molecule has 0 radical (unpaired) electrons. The lowest BCUT2D eigenvalue weighted by atomic mass is 10.3. The first kappa shape index (κ1) is 15.2. The molecule has 3 N–H and O–H groups in total. The molecule has 1 rings (SSSR count). The van der Waals surface area contributed by atoms with Crippen LogP contribution in [0.4, 0.5) is 4.79 Å². The van der Waals surface area contributed by atoms with Crippen molar-refractivity contribution < 1.29 is 14.3 Å². The van der Waals surface area contributed by atoms with Gasteiger partial charge in [-0.2, -0.15) is 0 Å². The van der Waals surface area contributed by atoms with Crippen LogP contribution in [0.15, 0.2) is 0 Å². The Morgan fingerprint density at radius 1 is 1.28 bits per heavy atom. The van der Waals surface area contributed by atoms with Crippen molar-refractivity contribution in [1.82, 2.24) is 15.1 Å². The summed E-state index contributed by atoms with van der Waals surface area (Å²) in [7, 11) is 1.61. The summed E-state index contributed by atoms with van der Waals surface area (Å²) >= 11 is 0. The fraction of sp³-hybridized carbons (Fsp3) is 0.909. The summed E-state index contributed by atoms with van der Waals surface area (Å²) in [4.78, 5) is 15.8. The van der Waals surface area contributed by atoms with Crippen molar-refractivity contribution in [2.24, 2.45) is 5.73 Å². The highest BCUT2D eigenvalue weighted by molar-refractivity contribution is 5.74. The van der Waals surface area contributed by atoms with Gasteiger partial charge in [0.05, 0.1) is 13.2 Å². The molecule has 0 aromatic heterocycles. The second-order valence-corrected chi connectivity index (χ2v) is 4.14. The zero-order chi connectivity index (χ0) is 13.2. The molecule has 0 atom stereocenters. The zero-order valence-electron chi connectivity index (χ0n) is 11.1. The third-order valence-electron chi connectivity index (χ3n) is 2.86. The van der Waals surface area contributed by atoms with E-state index >= 15 is 0 Å². The van der Waals surface area contributed by atoms with Gasteiger partial charge >= 0.3 is 6.03 Å². The maximum Gasteiger partial charge on any atom is 0.319 e. The number of amides is 2. The number of ether oxygens (including phenoxy) is 2. The van der Waals surface area contributed by atoms with Crippen LogP contribution < -0.4 is 11.1 Å². The predicted octanol–water partition coefficient (Wildman–Crippen LogP) is -1.11. The molecule has 1 saturated heterocycles. The minimum Gasteiger partial charge on any atom is -0.382 e. The number of methoxy groups -OCH3 is 1. The topological polar surface area (TPSA) is 80.1 Å². The van der Waals surface area contributed by atoms with Crippen molar-refractivity contribution in [3.63, 3.8) is 0 Å². The summed E-state index contributed by atoms with van der Waals surface area (Å²) in [6.45, 7) is 6.06. The number of hydrogen-bond acceptors (Lipinski definition) is 5. The molecule has 0 unspecified atom stereocenters. The van der Waals surface area contributed by atoms with Gasteiger partial charge in [-0.1, -0.05) is 0 Å². The summed E-state index contributed by atoms with van der Waals surface area (Å²) < 4.78 is 10.0. The number of nitrogens with two attached hydrogens (primary N) is 1. The molecular weight excluding hydrogens is 236 g/mol. The van der Waals surface area contributed by atoms with Crippen LogP contribution in [0.1, 0.15) is 0 Å². The average Bonchev–Trinajstić information content (AvgIpc) is 2.39. The highest BCUT2D eigenvalue weighted by Crippen LogP contribution is 2.00. The summed E-state index contributed by atoms with van der Waals surface area (Å²) in [6.07, 6.45) is 0. The molecule has 2 amide bonds. The van der Waals surface area contributed by atoms with Gasteiger partial charge in [0.15, 0.2) is 0 Å². The summed E-state index contributed by atoms with van der Waals surface area (Å²) in [5, 5.41) is 2.72. The minimum atomic E-state index is -0.0696. The van der Waals surface area contributed by atoms with Gasteiger partial charge in [0.2, 0.25) is 0 Å². The monoisotopic (exact) mass is 260 g/mol. The van der Waals surface area contributed by atoms with E-state index in [-0.39, 0.29) is 12.8 Å². The molecule has 1 aliphatic heterocycles. The Balaban J connectivity index is 2.08. The zero-order valence-corrected chi connectivity index (χ0v) is 11.1. The second-order valence-electron chi connectivity index (χ2n) is 4.14. The van der Waals surface area contributed by atoms with E-state index in [0.717, 1.165) is 32.7 Å². The van der Waals surface area contributed by atoms with E-state index in [9.17, 15) is 4.79 Å². The lowest BCUT2D eigenvalue weighted by Crippen LogP contribution is -2.52. The van der Waals surface area contributed by atoms with Crippen molar-refractivity contribution in [3.8, 4) is 0 Å². The summed E-state index contributed by atoms with van der Waals surface area (Å²) in [5.74, 6) is 0. The van der Waals surface area contributed by atoms with Gasteiger partial charge in [-0.15, -0.1) is 0 Å². The molecule has 0 bridgehead atoms.